The Morgan fingerprint density at radius 1 is 0.667 bits per heavy atom. The molecule has 0 radical (unpaired) electrons. The molecule has 0 saturated heterocycles. The first-order chi connectivity index (χ1) is 7.56. The molecule has 0 amide bonds. The van der Waals surface area contributed by atoms with Crippen LogP contribution in [0.25, 0.3) is 0 Å². The molecule has 0 aliphatic carbocycles. The summed E-state index contributed by atoms with van der Waals surface area (Å²) in [5.74, 6) is 0. The largest absolute Gasteiger partial charge is 1.00 e. The minimum atomic E-state index is 0. The van der Waals surface area contributed by atoms with E-state index in [1.807, 2.05) is 0 Å². The molecular formula is C15H36FKN+. The Morgan fingerprint density at radius 2 is 1.00 bits per heavy atom. The second-order valence-corrected chi connectivity index (χ2v) is 6.20. The van der Waals surface area contributed by atoms with Crippen molar-refractivity contribution in [3.8, 4) is 0 Å². The van der Waals surface area contributed by atoms with Gasteiger partial charge in [0.15, 0.2) is 0 Å². The Labute approximate surface area is 159 Å². The van der Waals surface area contributed by atoms with Crippen molar-refractivity contribution in [2.24, 2.45) is 0 Å². The third-order valence-electron chi connectivity index (χ3n) is 3.18. The monoisotopic (exact) mass is 288 g/mol. The van der Waals surface area contributed by atoms with E-state index < -0.39 is 0 Å². The summed E-state index contributed by atoms with van der Waals surface area (Å²) in [5, 5.41) is 0. The van der Waals surface area contributed by atoms with Crippen molar-refractivity contribution in [3.63, 3.8) is 0 Å². The smallest absolute Gasteiger partial charge is 1.00 e. The van der Waals surface area contributed by atoms with Crippen LogP contribution in [0.1, 0.15) is 72.6 Å². The predicted molar refractivity (Wildman–Crippen MR) is 78.4 cm³/mol. The second-order valence-electron chi connectivity index (χ2n) is 6.20. The number of rotatable bonds is 11. The molecule has 0 aliphatic heterocycles. The molecule has 0 bridgehead atoms. The van der Waals surface area contributed by atoms with E-state index in [0.717, 1.165) is 4.48 Å². The van der Waals surface area contributed by atoms with Crippen LogP contribution in [-0.4, -0.2) is 32.2 Å². The van der Waals surface area contributed by atoms with Crippen molar-refractivity contribution in [1.29, 1.82) is 0 Å². The van der Waals surface area contributed by atoms with Gasteiger partial charge < -0.3 is 5.91 Å². The molecule has 1 nitrogen and oxygen atoms in total. The van der Waals surface area contributed by atoms with Gasteiger partial charge in [0.2, 0.25) is 0 Å². The maximum atomic E-state index is 2.29. The Morgan fingerprint density at radius 3 is 1.33 bits per heavy atom. The molecule has 0 aromatic carbocycles. The molecule has 0 aliphatic rings. The summed E-state index contributed by atoms with van der Waals surface area (Å²) >= 11 is 0. The average molecular weight is 289 g/mol. The first-order valence-corrected chi connectivity index (χ1v) is 7.36. The standard InChI is InChI=1S/C15H34N.FH.K.H/c1-5-6-7-8-9-10-11-12-13-14-15-16(2,3)4;;;/h5-15H2,1-4H3;1H;;/q+1;;+1;-1. The molecule has 0 fully saturated rings. The first-order valence-electron chi connectivity index (χ1n) is 7.36. The summed E-state index contributed by atoms with van der Waals surface area (Å²) in [6.07, 6.45) is 14.4. The molecule has 0 aromatic heterocycles. The fourth-order valence-electron chi connectivity index (χ4n) is 2.07. The van der Waals surface area contributed by atoms with E-state index >= 15 is 0 Å². The summed E-state index contributed by atoms with van der Waals surface area (Å²) in [6.45, 7) is 3.62. The molecule has 18 heavy (non-hydrogen) atoms. The van der Waals surface area contributed by atoms with E-state index in [-0.39, 0.29) is 57.5 Å². The number of hydrogen-bond acceptors (Lipinski definition) is 0. The number of nitrogens with zero attached hydrogens (tertiary/aromatic N) is 1. The number of unbranched alkanes of at least 4 members (excludes halogenated alkanes) is 9. The fourth-order valence-corrected chi connectivity index (χ4v) is 2.07. The number of quaternary nitrogens is 1. The molecule has 0 spiro atoms. The van der Waals surface area contributed by atoms with Gasteiger partial charge in [0.05, 0.1) is 27.7 Å². The van der Waals surface area contributed by atoms with Crippen LogP contribution in [0.2, 0.25) is 0 Å². The number of halogens is 1. The molecule has 0 N–H and O–H groups in total. The third-order valence-corrected chi connectivity index (χ3v) is 3.18. The van der Waals surface area contributed by atoms with Gasteiger partial charge in [0, 0.05) is 0 Å². The molecule has 0 rings (SSSR count). The van der Waals surface area contributed by atoms with Crippen molar-refractivity contribution in [2.75, 3.05) is 27.7 Å². The molecule has 0 saturated carbocycles. The van der Waals surface area contributed by atoms with E-state index in [9.17, 15) is 0 Å². The maximum absolute atomic E-state index is 2.29. The minimum absolute atomic E-state index is 0. The molecule has 0 heterocycles. The first kappa shape index (κ1) is 24.5. The van der Waals surface area contributed by atoms with E-state index in [1.54, 1.807) is 0 Å². The predicted octanol–water partition coefficient (Wildman–Crippen LogP) is 1.88. The molecule has 0 atom stereocenters. The summed E-state index contributed by atoms with van der Waals surface area (Å²) in [4.78, 5) is 0. The van der Waals surface area contributed by atoms with Gasteiger partial charge in [0.25, 0.3) is 0 Å². The van der Waals surface area contributed by atoms with Gasteiger partial charge in [0.1, 0.15) is 0 Å². The molecule has 108 valence electrons. The Bertz CT molecular complexity index is 152. The topological polar surface area (TPSA) is 0 Å². The summed E-state index contributed by atoms with van der Waals surface area (Å²) in [5.41, 5.74) is 0. The van der Waals surface area contributed by atoms with Gasteiger partial charge in [-0.2, -0.15) is 0 Å². The molecule has 0 unspecified atom stereocenters. The normalized spacial score (nSPS) is 10.7. The van der Waals surface area contributed by atoms with Gasteiger partial charge >= 0.3 is 51.4 Å². The van der Waals surface area contributed by atoms with E-state index in [1.165, 1.54) is 70.8 Å². The zero-order valence-electron chi connectivity index (χ0n) is 14.6. The van der Waals surface area contributed by atoms with E-state index in [0.29, 0.717) is 0 Å². The maximum Gasteiger partial charge on any atom is 1.00 e. The average Bonchev–Trinajstić information content (AvgIpc) is 2.19. The quantitative estimate of drug-likeness (QED) is 0.309. The van der Waals surface area contributed by atoms with Crippen molar-refractivity contribution in [1.82, 2.24) is 0 Å². The van der Waals surface area contributed by atoms with E-state index in [4.69, 9.17) is 0 Å². The van der Waals surface area contributed by atoms with Crippen LogP contribution < -0.4 is 51.4 Å². The van der Waals surface area contributed by atoms with Crippen molar-refractivity contribution >= 4 is 0 Å². The molecule has 3 heteroatoms. The fraction of sp³-hybridized carbons (Fsp3) is 1.00. The SMILES string of the molecule is CCCCCCCCCCCC[N+](C)(C)C.F.[H-].[K+]. The molecule has 0 aromatic rings. The third kappa shape index (κ3) is 22.7. The second kappa shape index (κ2) is 16.6. The van der Waals surface area contributed by atoms with Gasteiger partial charge in [-0.05, 0) is 12.8 Å². The Kier molecular flexibility index (Phi) is 22.6. The van der Waals surface area contributed by atoms with Crippen LogP contribution in [0.4, 0.5) is 4.70 Å². The van der Waals surface area contributed by atoms with Gasteiger partial charge in [-0.1, -0.05) is 58.3 Å². The van der Waals surface area contributed by atoms with Crippen LogP contribution in [0, 0.1) is 0 Å². The van der Waals surface area contributed by atoms with Crippen LogP contribution in [0.5, 0.6) is 0 Å². The van der Waals surface area contributed by atoms with Crippen LogP contribution in [0.3, 0.4) is 0 Å². The van der Waals surface area contributed by atoms with Crippen molar-refractivity contribution in [3.05, 3.63) is 0 Å². The van der Waals surface area contributed by atoms with Crippen LogP contribution in [0.15, 0.2) is 0 Å². The number of hydrogen-bond donors (Lipinski definition) is 0. The van der Waals surface area contributed by atoms with E-state index in [2.05, 4.69) is 28.1 Å². The minimum Gasteiger partial charge on any atom is -1.00 e. The van der Waals surface area contributed by atoms with Gasteiger partial charge in [-0.3, -0.25) is 4.70 Å². The summed E-state index contributed by atoms with van der Waals surface area (Å²) < 4.78 is 1.12. The van der Waals surface area contributed by atoms with Crippen LogP contribution in [-0.2, 0) is 0 Å². The Hall–Kier alpha value is 1.53. The van der Waals surface area contributed by atoms with Crippen molar-refractivity contribution < 1.29 is 62.0 Å². The zero-order chi connectivity index (χ0) is 12.3. The summed E-state index contributed by atoms with van der Waals surface area (Å²) in [6, 6.07) is 0. The Balaban J connectivity index is -0.000000375. The van der Waals surface area contributed by atoms with Gasteiger partial charge in [-0.25, -0.2) is 0 Å². The molecular weight excluding hydrogens is 252 g/mol. The van der Waals surface area contributed by atoms with Crippen LogP contribution >= 0.6 is 0 Å². The zero-order valence-corrected chi connectivity index (χ0v) is 16.8. The summed E-state index contributed by atoms with van der Waals surface area (Å²) in [7, 11) is 6.86. The van der Waals surface area contributed by atoms with Gasteiger partial charge in [-0.15, -0.1) is 0 Å². The van der Waals surface area contributed by atoms with Crippen molar-refractivity contribution in [2.45, 2.75) is 71.1 Å².